The first-order chi connectivity index (χ1) is 5.93. The number of nitrogens with two attached hydrogens (primary N) is 1. The predicted molar refractivity (Wildman–Crippen MR) is 53.2 cm³/mol. The van der Waals surface area contributed by atoms with Gasteiger partial charge in [-0.1, -0.05) is 20.3 Å². The maximum absolute atomic E-state index is 10.9. The van der Waals surface area contributed by atoms with Gasteiger partial charge in [-0.15, -0.1) is 0 Å². The number of hydrogen-bond donors (Lipinski definition) is 2. The number of carbonyl (C=O) groups is 1. The summed E-state index contributed by atoms with van der Waals surface area (Å²) in [4.78, 5) is 10.9. The van der Waals surface area contributed by atoms with Crippen molar-refractivity contribution in [3.8, 4) is 0 Å². The Morgan fingerprint density at radius 2 is 2.23 bits per heavy atom. The molecule has 3 nitrogen and oxygen atoms in total. The number of nitrogens with one attached hydrogen (secondary N) is 1. The standard InChI is InChI=1S/C10H20N2O/c1-7(9(11)13)12-8-5-4-6-10(8,2)3/h7-8,12H,4-6H2,1-3H3,(H2,11,13). The Labute approximate surface area is 80.1 Å². The van der Waals surface area contributed by atoms with E-state index in [-0.39, 0.29) is 11.9 Å². The Balaban J connectivity index is 2.49. The lowest BCUT2D eigenvalue weighted by Crippen LogP contribution is -2.48. The van der Waals surface area contributed by atoms with Crippen molar-refractivity contribution in [3.05, 3.63) is 0 Å². The summed E-state index contributed by atoms with van der Waals surface area (Å²) in [6, 6.07) is 0.234. The SMILES string of the molecule is CC(NC1CCCC1(C)C)C(N)=O. The van der Waals surface area contributed by atoms with Gasteiger partial charge in [0.05, 0.1) is 6.04 Å². The molecule has 3 heteroatoms. The minimum Gasteiger partial charge on any atom is -0.368 e. The molecule has 2 unspecified atom stereocenters. The second-order valence-electron chi connectivity index (χ2n) is 4.72. The molecule has 1 rings (SSSR count). The topological polar surface area (TPSA) is 55.1 Å². The molecule has 76 valence electrons. The number of amides is 1. The lowest BCUT2D eigenvalue weighted by molar-refractivity contribution is -0.119. The molecule has 0 spiro atoms. The van der Waals surface area contributed by atoms with Crippen LogP contribution in [0.5, 0.6) is 0 Å². The van der Waals surface area contributed by atoms with Crippen molar-refractivity contribution in [1.29, 1.82) is 0 Å². The molecule has 0 aromatic carbocycles. The molecule has 0 saturated heterocycles. The maximum Gasteiger partial charge on any atom is 0.234 e. The molecule has 1 aliphatic rings. The Morgan fingerprint density at radius 1 is 1.62 bits per heavy atom. The Hall–Kier alpha value is -0.570. The van der Waals surface area contributed by atoms with Crippen LogP contribution in [0.25, 0.3) is 0 Å². The van der Waals surface area contributed by atoms with E-state index in [1.165, 1.54) is 12.8 Å². The summed E-state index contributed by atoms with van der Waals surface area (Å²) in [5, 5.41) is 3.29. The number of primary amides is 1. The molecule has 1 saturated carbocycles. The van der Waals surface area contributed by atoms with Crippen molar-refractivity contribution in [2.75, 3.05) is 0 Å². The van der Waals surface area contributed by atoms with Gasteiger partial charge in [0.25, 0.3) is 0 Å². The van der Waals surface area contributed by atoms with Gasteiger partial charge in [0.15, 0.2) is 0 Å². The zero-order valence-corrected chi connectivity index (χ0v) is 8.76. The van der Waals surface area contributed by atoms with Crippen LogP contribution in [0.2, 0.25) is 0 Å². The van der Waals surface area contributed by atoms with Gasteiger partial charge in [0, 0.05) is 6.04 Å². The van der Waals surface area contributed by atoms with Crippen LogP contribution in [0.15, 0.2) is 0 Å². The Morgan fingerprint density at radius 3 is 2.62 bits per heavy atom. The summed E-state index contributed by atoms with van der Waals surface area (Å²) < 4.78 is 0. The summed E-state index contributed by atoms with van der Waals surface area (Å²) in [6.07, 6.45) is 3.64. The summed E-state index contributed by atoms with van der Waals surface area (Å²) in [6.45, 7) is 6.31. The van der Waals surface area contributed by atoms with Crippen molar-refractivity contribution in [2.45, 2.75) is 52.1 Å². The normalized spacial score (nSPS) is 28.7. The Bertz CT molecular complexity index is 201. The first-order valence-corrected chi connectivity index (χ1v) is 4.99. The van der Waals surface area contributed by atoms with E-state index in [4.69, 9.17) is 5.73 Å². The van der Waals surface area contributed by atoms with Crippen LogP contribution in [-0.4, -0.2) is 18.0 Å². The number of hydrogen-bond acceptors (Lipinski definition) is 2. The summed E-state index contributed by atoms with van der Waals surface area (Å²) in [5.41, 5.74) is 5.51. The van der Waals surface area contributed by atoms with Gasteiger partial charge in [-0.25, -0.2) is 0 Å². The van der Waals surface area contributed by atoms with Gasteiger partial charge in [-0.05, 0) is 25.2 Å². The molecule has 1 amide bonds. The first-order valence-electron chi connectivity index (χ1n) is 4.99. The monoisotopic (exact) mass is 184 g/mol. The van der Waals surface area contributed by atoms with Crippen molar-refractivity contribution in [2.24, 2.45) is 11.1 Å². The lowest BCUT2D eigenvalue weighted by atomic mass is 9.87. The van der Waals surface area contributed by atoms with E-state index >= 15 is 0 Å². The average Bonchev–Trinajstić information content (AvgIpc) is 2.30. The molecule has 0 aliphatic heterocycles. The van der Waals surface area contributed by atoms with E-state index < -0.39 is 0 Å². The lowest BCUT2D eigenvalue weighted by Gasteiger charge is -2.29. The van der Waals surface area contributed by atoms with Crippen LogP contribution >= 0.6 is 0 Å². The molecule has 1 aliphatic carbocycles. The Kier molecular flexibility index (Phi) is 2.96. The third kappa shape index (κ3) is 2.44. The van der Waals surface area contributed by atoms with Gasteiger partial charge in [0.1, 0.15) is 0 Å². The van der Waals surface area contributed by atoms with E-state index in [0.29, 0.717) is 11.5 Å². The molecule has 0 radical (unpaired) electrons. The minimum atomic E-state index is -0.261. The fourth-order valence-corrected chi connectivity index (χ4v) is 2.02. The maximum atomic E-state index is 10.9. The van der Waals surface area contributed by atoms with Gasteiger partial charge in [-0.3, -0.25) is 4.79 Å². The molecule has 3 N–H and O–H groups in total. The van der Waals surface area contributed by atoms with Crippen LogP contribution in [-0.2, 0) is 4.79 Å². The smallest absolute Gasteiger partial charge is 0.234 e. The van der Waals surface area contributed by atoms with E-state index in [1.54, 1.807) is 0 Å². The van der Waals surface area contributed by atoms with E-state index in [9.17, 15) is 4.79 Å². The van der Waals surface area contributed by atoms with E-state index in [1.807, 2.05) is 6.92 Å². The fourth-order valence-electron chi connectivity index (χ4n) is 2.02. The third-order valence-electron chi connectivity index (χ3n) is 3.14. The third-order valence-corrected chi connectivity index (χ3v) is 3.14. The van der Waals surface area contributed by atoms with Crippen molar-refractivity contribution >= 4 is 5.91 Å². The fraction of sp³-hybridized carbons (Fsp3) is 0.900. The van der Waals surface area contributed by atoms with Gasteiger partial charge < -0.3 is 11.1 Å². The second kappa shape index (κ2) is 3.66. The van der Waals surface area contributed by atoms with E-state index in [0.717, 1.165) is 6.42 Å². The molecule has 0 aromatic heterocycles. The highest BCUT2D eigenvalue weighted by Crippen LogP contribution is 2.37. The molecule has 13 heavy (non-hydrogen) atoms. The molecular formula is C10H20N2O. The van der Waals surface area contributed by atoms with Gasteiger partial charge >= 0.3 is 0 Å². The average molecular weight is 184 g/mol. The first kappa shape index (κ1) is 10.5. The highest BCUT2D eigenvalue weighted by atomic mass is 16.1. The highest BCUT2D eigenvalue weighted by molar-refractivity contribution is 5.79. The van der Waals surface area contributed by atoms with Gasteiger partial charge in [0.2, 0.25) is 5.91 Å². The molecular weight excluding hydrogens is 164 g/mol. The van der Waals surface area contributed by atoms with Crippen LogP contribution in [0.4, 0.5) is 0 Å². The van der Waals surface area contributed by atoms with Crippen LogP contribution < -0.4 is 11.1 Å². The zero-order valence-electron chi connectivity index (χ0n) is 8.76. The number of carbonyl (C=O) groups excluding carboxylic acids is 1. The molecule has 0 bridgehead atoms. The molecule has 0 heterocycles. The second-order valence-corrected chi connectivity index (χ2v) is 4.72. The van der Waals surface area contributed by atoms with Crippen molar-refractivity contribution in [3.63, 3.8) is 0 Å². The highest BCUT2D eigenvalue weighted by Gasteiger charge is 2.35. The predicted octanol–water partition coefficient (Wildman–Crippen LogP) is 1.03. The molecule has 1 fully saturated rings. The molecule has 2 atom stereocenters. The summed E-state index contributed by atoms with van der Waals surface area (Å²) >= 11 is 0. The number of rotatable bonds is 3. The summed E-state index contributed by atoms with van der Waals surface area (Å²) in [7, 11) is 0. The van der Waals surface area contributed by atoms with Crippen LogP contribution in [0.1, 0.15) is 40.0 Å². The quantitative estimate of drug-likeness (QED) is 0.688. The van der Waals surface area contributed by atoms with Gasteiger partial charge in [-0.2, -0.15) is 0 Å². The zero-order chi connectivity index (χ0) is 10.1. The van der Waals surface area contributed by atoms with Crippen LogP contribution in [0.3, 0.4) is 0 Å². The molecule has 0 aromatic rings. The van der Waals surface area contributed by atoms with E-state index in [2.05, 4.69) is 19.2 Å². The van der Waals surface area contributed by atoms with Crippen molar-refractivity contribution in [1.82, 2.24) is 5.32 Å². The summed E-state index contributed by atoms with van der Waals surface area (Å²) in [5.74, 6) is -0.261. The van der Waals surface area contributed by atoms with Crippen molar-refractivity contribution < 1.29 is 4.79 Å². The minimum absolute atomic E-state index is 0.206. The largest absolute Gasteiger partial charge is 0.368 e. The van der Waals surface area contributed by atoms with Crippen LogP contribution in [0, 0.1) is 5.41 Å².